The molecule has 1 aliphatic rings. The van der Waals surface area contributed by atoms with Gasteiger partial charge in [-0.25, -0.2) is 4.99 Å². The highest BCUT2D eigenvalue weighted by Crippen LogP contribution is 2.07. The van der Waals surface area contributed by atoms with Crippen molar-refractivity contribution >= 4 is 23.3 Å². The van der Waals surface area contributed by atoms with Crippen LogP contribution in [-0.4, -0.2) is 44.7 Å². The van der Waals surface area contributed by atoms with E-state index in [0.29, 0.717) is 30.0 Å². The molecule has 1 aliphatic heterocycles. The number of carbonyl (C=O) groups excluding carboxylic acids is 1. The maximum absolute atomic E-state index is 12.1. The van der Waals surface area contributed by atoms with Crippen LogP contribution in [0.15, 0.2) is 22.5 Å². The molecule has 22 heavy (non-hydrogen) atoms. The highest BCUT2D eigenvalue weighted by molar-refractivity contribution is 7.12. The van der Waals surface area contributed by atoms with Gasteiger partial charge >= 0.3 is 0 Å². The summed E-state index contributed by atoms with van der Waals surface area (Å²) in [6.07, 6.45) is 2.62. The number of nitrogens with one attached hydrogen (secondary N) is 2. The predicted molar refractivity (Wildman–Crippen MR) is 89.7 cm³/mol. The van der Waals surface area contributed by atoms with Crippen LogP contribution in [0, 0.1) is 5.92 Å². The normalized spacial score (nSPS) is 16.2. The Kier molecular flexibility index (Phi) is 6.86. The zero-order valence-electron chi connectivity index (χ0n) is 13.4. The van der Waals surface area contributed by atoms with E-state index in [4.69, 9.17) is 4.74 Å². The van der Waals surface area contributed by atoms with Crippen molar-refractivity contribution in [2.24, 2.45) is 10.9 Å². The summed E-state index contributed by atoms with van der Waals surface area (Å²) >= 11 is 1.41. The average molecular weight is 324 g/mol. The molecule has 1 aromatic heterocycles. The monoisotopic (exact) mass is 324 g/mol. The minimum Gasteiger partial charge on any atom is -0.465 e. The summed E-state index contributed by atoms with van der Waals surface area (Å²) < 4.78 is 5.65. The summed E-state index contributed by atoms with van der Waals surface area (Å²) in [7, 11) is 0. The number of aliphatic imine (C=N–C) groups is 1. The summed E-state index contributed by atoms with van der Waals surface area (Å²) in [5.74, 6) is 0.249. The number of hydrogen-bond donors (Lipinski definition) is 2. The van der Waals surface area contributed by atoms with Crippen LogP contribution < -0.4 is 10.2 Å². The topological polar surface area (TPSA) is 55.1 Å². The van der Waals surface area contributed by atoms with Gasteiger partial charge in [-0.2, -0.15) is 0 Å². The third-order valence-electron chi connectivity index (χ3n) is 3.55. The predicted octanol–water partition coefficient (Wildman–Crippen LogP) is 1.19. The van der Waals surface area contributed by atoms with E-state index in [9.17, 15) is 4.79 Å². The van der Waals surface area contributed by atoms with Gasteiger partial charge in [0.05, 0.1) is 37.7 Å². The first-order valence-corrected chi connectivity index (χ1v) is 8.89. The Bertz CT molecular complexity index is 480. The zero-order chi connectivity index (χ0) is 15.8. The SMILES string of the molecule is CC(C)COC(=NCC[NH+]1CCCC1)NC(=O)c1cccs1. The van der Waals surface area contributed by atoms with Crippen molar-refractivity contribution < 1.29 is 14.4 Å². The Balaban J connectivity index is 1.87. The molecule has 2 rings (SSSR count). The third kappa shape index (κ3) is 5.77. The summed E-state index contributed by atoms with van der Waals surface area (Å²) in [6.45, 7) is 8.87. The number of rotatable bonds is 6. The lowest BCUT2D eigenvalue weighted by molar-refractivity contribution is -0.885. The number of nitrogens with zero attached hydrogens (tertiary/aromatic N) is 1. The van der Waals surface area contributed by atoms with Crippen LogP contribution in [0.2, 0.25) is 0 Å². The first-order valence-electron chi connectivity index (χ1n) is 8.01. The fraction of sp³-hybridized carbons (Fsp3) is 0.625. The second kappa shape index (κ2) is 8.90. The van der Waals surface area contributed by atoms with Gasteiger partial charge in [-0.3, -0.25) is 10.1 Å². The second-order valence-corrected chi connectivity index (χ2v) is 6.98. The minimum atomic E-state index is -0.147. The molecule has 0 unspecified atom stereocenters. The van der Waals surface area contributed by atoms with E-state index in [-0.39, 0.29) is 5.91 Å². The Hall–Kier alpha value is -1.40. The van der Waals surface area contributed by atoms with Gasteiger partial charge in [-0.05, 0) is 17.4 Å². The minimum absolute atomic E-state index is 0.147. The molecule has 6 heteroatoms. The van der Waals surface area contributed by atoms with E-state index < -0.39 is 0 Å². The van der Waals surface area contributed by atoms with E-state index >= 15 is 0 Å². The lowest BCUT2D eigenvalue weighted by Crippen LogP contribution is -3.10. The van der Waals surface area contributed by atoms with Gasteiger partial charge in [-0.15, -0.1) is 11.3 Å². The Morgan fingerprint density at radius 3 is 2.86 bits per heavy atom. The molecule has 2 heterocycles. The molecule has 5 nitrogen and oxygen atoms in total. The lowest BCUT2D eigenvalue weighted by atomic mass is 10.2. The van der Waals surface area contributed by atoms with Crippen molar-refractivity contribution in [1.29, 1.82) is 0 Å². The first-order chi connectivity index (χ1) is 10.6. The number of likely N-dealkylation sites (tertiary alicyclic amines) is 1. The van der Waals surface area contributed by atoms with Gasteiger partial charge in [0.25, 0.3) is 11.9 Å². The number of amidine groups is 1. The molecule has 0 bridgehead atoms. The van der Waals surface area contributed by atoms with Crippen LogP contribution in [0.5, 0.6) is 0 Å². The maximum atomic E-state index is 12.1. The molecule has 122 valence electrons. The van der Waals surface area contributed by atoms with Gasteiger partial charge < -0.3 is 9.64 Å². The van der Waals surface area contributed by atoms with Crippen molar-refractivity contribution in [3.05, 3.63) is 22.4 Å². The van der Waals surface area contributed by atoms with Gasteiger partial charge in [0.1, 0.15) is 0 Å². The molecule has 1 fully saturated rings. The number of carbonyl (C=O) groups is 1. The molecular formula is C16H26N3O2S+. The molecule has 0 aliphatic carbocycles. The van der Waals surface area contributed by atoms with E-state index in [0.717, 1.165) is 6.54 Å². The summed E-state index contributed by atoms with van der Waals surface area (Å²) in [5, 5.41) is 4.68. The van der Waals surface area contributed by atoms with Gasteiger partial charge in [0.15, 0.2) is 0 Å². The van der Waals surface area contributed by atoms with E-state index in [1.165, 1.54) is 37.3 Å². The Labute approximate surface area is 136 Å². The Morgan fingerprint density at radius 2 is 2.23 bits per heavy atom. The average Bonchev–Trinajstić information content (AvgIpc) is 3.17. The van der Waals surface area contributed by atoms with Gasteiger partial charge in [-0.1, -0.05) is 19.9 Å². The van der Waals surface area contributed by atoms with E-state index in [1.54, 1.807) is 11.0 Å². The molecular weight excluding hydrogens is 298 g/mol. The lowest BCUT2D eigenvalue weighted by Gasteiger charge is -2.13. The number of thiophene rings is 1. The largest absolute Gasteiger partial charge is 0.465 e. The quantitative estimate of drug-likeness (QED) is 0.610. The van der Waals surface area contributed by atoms with Gasteiger partial charge in [0.2, 0.25) is 0 Å². The fourth-order valence-corrected chi connectivity index (χ4v) is 2.99. The number of amides is 1. The summed E-state index contributed by atoms with van der Waals surface area (Å²) in [6, 6.07) is 4.02. The Morgan fingerprint density at radius 1 is 1.45 bits per heavy atom. The van der Waals surface area contributed by atoms with Crippen molar-refractivity contribution in [3.63, 3.8) is 0 Å². The second-order valence-electron chi connectivity index (χ2n) is 6.03. The maximum Gasteiger partial charge on any atom is 0.291 e. The summed E-state index contributed by atoms with van der Waals surface area (Å²) in [5.41, 5.74) is 0. The summed E-state index contributed by atoms with van der Waals surface area (Å²) in [4.78, 5) is 18.8. The van der Waals surface area contributed by atoms with Crippen LogP contribution in [0.25, 0.3) is 0 Å². The zero-order valence-corrected chi connectivity index (χ0v) is 14.2. The highest BCUT2D eigenvalue weighted by Gasteiger charge is 2.15. The molecule has 0 atom stereocenters. The van der Waals surface area contributed by atoms with Crippen LogP contribution in [-0.2, 0) is 4.74 Å². The van der Waals surface area contributed by atoms with Crippen LogP contribution in [0.1, 0.15) is 36.4 Å². The molecule has 1 amide bonds. The molecule has 2 N–H and O–H groups in total. The molecule has 0 spiro atoms. The van der Waals surface area contributed by atoms with E-state index in [2.05, 4.69) is 24.2 Å². The molecule has 1 aromatic rings. The molecule has 1 saturated heterocycles. The van der Waals surface area contributed by atoms with Crippen molar-refractivity contribution in [2.45, 2.75) is 26.7 Å². The number of hydrogen-bond acceptors (Lipinski definition) is 4. The first kappa shape index (κ1) is 17.0. The number of ether oxygens (including phenoxy) is 1. The van der Waals surface area contributed by atoms with Crippen molar-refractivity contribution in [1.82, 2.24) is 5.32 Å². The van der Waals surface area contributed by atoms with Crippen LogP contribution in [0.3, 0.4) is 0 Å². The van der Waals surface area contributed by atoms with Crippen molar-refractivity contribution in [3.8, 4) is 0 Å². The van der Waals surface area contributed by atoms with Crippen molar-refractivity contribution in [2.75, 3.05) is 32.8 Å². The number of quaternary nitrogens is 1. The van der Waals surface area contributed by atoms with Crippen LogP contribution in [0.4, 0.5) is 0 Å². The van der Waals surface area contributed by atoms with Gasteiger partial charge in [0, 0.05) is 12.8 Å². The highest BCUT2D eigenvalue weighted by atomic mass is 32.1. The van der Waals surface area contributed by atoms with Crippen LogP contribution >= 0.6 is 11.3 Å². The molecule has 0 radical (unpaired) electrons. The third-order valence-corrected chi connectivity index (χ3v) is 4.42. The molecule has 0 saturated carbocycles. The smallest absolute Gasteiger partial charge is 0.291 e. The van der Waals surface area contributed by atoms with E-state index in [1.807, 2.05) is 11.4 Å². The standard InChI is InChI=1S/C16H25N3O2S/c1-13(2)12-21-16(17-7-10-19-8-3-4-9-19)18-15(20)14-6-5-11-22-14/h5-6,11,13H,3-4,7-10,12H2,1-2H3,(H,17,18,20)/p+1. The fourth-order valence-electron chi connectivity index (χ4n) is 2.37. The molecule has 0 aromatic carbocycles.